The molecule has 1 aliphatic heterocycles. The molecule has 10 nitrogen and oxygen atoms in total. The second kappa shape index (κ2) is 12.3. The molecule has 0 amide bonds. The van der Waals surface area contributed by atoms with Crippen LogP contribution in [0, 0.1) is 12.7 Å². The number of aliphatic hydroxyl groups is 1. The number of carbonyl (C=O) groups excluding carboxylic acids is 1. The van der Waals surface area contributed by atoms with Gasteiger partial charge < -0.3 is 15.6 Å². The van der Waals surface area contributed by atoms with Gasteiger partial charge in [0.05, 0.1) is 24.5 Å². The lowest BCUT2D eigenvalue weighted by atomic mass is 10.3. The van der Waals surface area contributed by atoms with E-state index >= 15 is 0 Å². The van der Waals surface area contributed by atoms with Crippen molar-refractivity contribution in [2.45, 2.75) is 44.4 Å². The normalized spacial score (nSPS) is 13.1. The number of aryl methyl sites for hydroxylation is 1. The molecule has 0 saturated heterocycles. The van der Waals surface area contributed by atoms with Crippen LogP contribution in [-0.4, -0.2) is 43.3 Å². The van der Waals surface area contributed by atoms with Crippen molar-refractivity contribution in [1.82, 2.24) is 19.3 Å². The predicted molar refractivity (Wildman–Crippen MR) is 132 cm³/mol. The van der Waals surface area contributed by atoms with E-state index < -0.39 is 11.8 Å². The third-order valence-corrected chi connectivity index (χ3v) is 7.19. The highest BCUT2D eigenvalue weighted by Gasteiger charge is 2.15. The minimum Gasteiger partial charge on any atom is -0.468 e. The summed E-state index contributed by atoms with van der Waals surface area (Å²) in [5, 5.41) is 8.85. The van der Waals surface area contributed by atoms with Crippen molar-refractivity contribution in [2.75, 3.05) is 18.6 Å². The number of halogens is 2. The summed E-state index contributed by atoms with van der Waals surface area (Å²) >= 11 is 8.17. The molecule has 0 spiro atoms. The van der Waals surface area contributed by atoms with Gasteiger partial charge in [0.15, 0.2) is 0 Å². The van der Waals surface area contributed by atoms with Gasteiger partial charge in [0.25, 0.3) is 0 Å². The van der Waals surface area contributed by atoms with E-state index in [0.29, 0.717) is 40.0 Å². The highest BCUT2D eigenvalue weighted by atomic mass is 35.5. The Kier molecular flexibility index (Phi) is 9.43. The van der Waals surface area contributed by atoms with Crippen LogP contribution in [0.25, 0.3) is 0 Å². The molecule has 0 radical (unpaired) electrons. The average Bonchev–Trinajstić information content (AvgIpc) is 3.15. The third-order valence-electron chi connectivity index (χ3n) is 4.87. The summed E-state index contributed by atoms with van der Waals surface area (Å²) in [7, 11) is 1.30. The van der Waals surface area contributed by atoms with E-state index in [9.17, 15) is 14.0 Å². The van der Waals surface area contributed by atoms with Crippen LogP contribution in [0.3, 0.4) is 0 Å². The highest BCUT2D eigenvalue weighted by molar-refractivity contribution is 8.00. The van der Waals surface area contributed by atoms with Crippen molar-refractivity contribution in [1.29, 1.82) is 0 Å². The van der Waals surface area contributed by atoms with Crippen LogP contribution in [0.4, 0.5) is 15.9 Å². The van der Waals surface area contributed by atoms with Crippen molar-refractivity contribution in [3.05, 3.63) is 55.0 Å². The first-order valence-electron chi connectivity index (χ1n) is 10.5. The number of methoxy groups -OCH3 is 1. The smallest absolute Gasteiger partial charge is 0.325 e. The molecule has 0 bridgehead atoms. The van der Waals surface area contributed by atoms with Crippen LogP contribution in [0.5, 0.6) is 0 Å². The summed E-state index contributed by atoms with van der Waals surface area (Å²) in [6, 6.07) is 2.64. The van der Waals surface area contributed by atoms with Gasteiger partial charge in [-0.1, -0.05) is 11.6 Å². The largest absolute Gasteiger partial charge is 0.468 e. The van der Waals surface area contributed by atoms with Gasteiger partial charge in [-0.2, -0.15) is 0 Å². The van der Waals surface area contributed by atoms with E-state index in [0.717, 1.165) is 42.0 Å². The summed E-state index contributed by atoms with van der Waals surface area (Å²) in [6.07, 6.45) is 3.42. The van der Waals surface area contributed by atoms with E-state index in [-0.39, 0.29) is 27.9 Å². The Morgan fingerprint density at radius 2 is 2.09 bits per heavy atom. The monoisotopic (exact) mass is 542 g/mol. The number of hydrogen-bond acceptors (Lipinski definition) is 10. The third kappa shape index (κ3) is 6.90. The van der Waals surface area contributed by atoms with Gasteiger partial charge in [-0.15, -0.1) is 11.8 Å². The Balaban J connectivity index is 0.000000287. The number of nitrogens with two attached hydrogens (primary N) is 1. The summed E-state index contributed by atoms with van der Waals surface area (Å²) in [5.74, 6) is 0.0534. The molecule has 188 valence electrons. The lowest BCUT2D eigenvalue weighted by Crippen LogP contribution is -2.31. The molecule has 14 heteroatoms. The topological polar surface area (TPSA) is 138 Å². The van der Waals surface area contributed by atoms with Crippen LogP contribution in [0.2, 0.25) is 5.02 Å². The SMILES string of the molecule is COC(=O)CSc1cc(N=c2sc(=O)n3n2CCCC3)c(F)cc1Cl.Cc1ncc(CO)c(N)n1. The van der Waals surface area contributed by atoms with Gasteiger partial charge in [-0.25, -0.2) is 24.0 Å². The fourth-order valence-electron chi connectivity index (χ4n) is 3.06. The molecule has 1 aliphatic rings. The minimum atomic E-state index is -0.580. The fraction of sp³-hybridized carbons (Fsp3) is 0.381. The van der Waals surface area contributed by atoms with Crippen LogP contribution in [0.1, 0.15) is 24.2 Å². The molecule has 0 fully saturated rings. The molecule has 35 heavy (non-hydrogen) atoms. The maximum atomic E-state index is 14.3. The first-order chi connectivity index (χ1) is 16.7. The summed E-state index contributed by atoms with van der Waals surface area (Å²) < 4.78 is 22.3. The molecule has 0 saturated carbocycles. The zero-order valence-corrected chi connectivity index (χ0v) is 21.4. The molecule has 0 atom stereocenters. The molecule has 2 aromatic heterocycles. The Hall–Kier alpha value is -2.74. The Bertz CT molecular complexity index is 1340. The van der Waals surface area contributed by atoms with Crippen molar-refractivity contribution >= 4 is 52.2 Å². The van der Waals surface area contributed by atoms with Crippen molar-refractivity contribution in [3.8, 4) is 0 Å². The molecular formula is C21H24ClFN6O4S2. The van der Waals surface area contributed by atoms with Crippen LogP contribution in [0.15, 0.2) is 33.0 Å². The summed E-state index contributed by atoms with van der Waals surface area (Å²) in [4.78, 5) is 36.2. The van der Waals surface area contributed by atoms with Crippen molar-refractivity contribution in [3.63, 3.8) is 0 Å². The lowest BCUT2D eigenvalue weighted by Gasteiger charge is -2.15. The number of esters is 1. The number of thioether (sulfide) groups is 1. The van der Waals surface area contributed by atoms with Crippen LogP contribution in [-0.2, 0) is 29.2 Å². The first kappa shape index (κ1) is 26.9. The number of anilines is 1. The summed E-state index contributed by atoms with van der Waals surface area (Å²) in [5.41, 5.74) is 6.08. The van der Waals surface area contributed by atoms with E-state index in [1.165, 1.54) is 19.4 Å². The maximum absolute atomic E-state index is 14.3. The molecule has 3 heterocycles. The van der Waals surface area contributed by atoms with Gasteiger partial charge in [-0.05, 0) is 43.2 Å². The zero-order chi connectivity index (χ0) is 25.5. The number of aromatic nitrogens is 4. The molecule has 0 unspecified atom stereocenters. The fourth-order valence-corrected chi connectivity index (χ4v) is 5.05. The van der Waals surface area contributed by atoms with Gasteiger partial charge in [0.2, 0.25) is 4.80 Å². The number of fused-ring (bicyclic) bond motifs is 1. The number of hydrogen-bond donors (Lipinski definition) is 2. The summed E-state index contributed by atoms with van der Waals surface area (Å²) in [6.45, 7) is 2.97. The number of carbonyl (C=O) groups is 1. The lowest BCUT2D eigenvalue weighted by molar-refractivity contribution is -0.137. The number of ether oxygens (including phenoxy) is 1. The highest BCUT2D eigenvalue weighted by Crippen LogP contribution is 2.33. The van der Waals surface area contributed by atoms with Gasteiger partial charge >= 0.3 is 10.8 Å². The molecule has 4 rings (SSSR count). The van der Waals surface area contributed by atoms with E-state index in [1.54, 1.807) is 16.3 Å². The van der Waals surface area contributed by atoms with E-state index in [4.69, 9.17) is 22.4 Å². The first-order valence-corrected chi connectivity index (χ1v) is 12.6. The number of rotatable bonds is 5. The average molecular weight is 543 g/mol. The number of nitrogen functional groups attached to an aromatic ring is 1. The Morgan fingerprint density at radius 3 is 2.74 bits per heavy atom. The van der Waals surface area contributed by atoms with Gasteiger partial charge in [0.1, 0.15) is 23.1 Å². The second-order valence-electron chi connectivity index (χ2n) is 7.30. The van der Waals surface area contributed by atoms with E-state index in [1.807, 2.05) is 0 Å². The number of benzene rings is 1. The Morgan fingerprint density at radius 1 is 1.37 bits per heavy atom. The molecule has 0 aliphatic carbocycles. The van der Waals surface area contributed by atoms with Gasteiger partial charge in [-0.3, -0.25) is 14.3 Å². The standard InChI is InChI=1S/C15H15ClFN3O3S2.C6H9N3O/c1-23-13(21)8-24-12-7-11(10(17)6-9(12)16)18-14-19-4-2-3-5-20(19)15(22)25-14;1-4-8-2-5(3-10)6(7)9-4/h6-7H,2-5,8H2,1H3;2,10H,3H2,1H3,(H2,7,8,9). The predicted octanol–water partition coefficient (Wildman–Crippen LogP) is 2.65. The molecule has 1 aromatic carbocycles. The quantitative estimate of drug-likeness (QED) is 0.371. The minimum absolute atomic E-state index is 0.0605. The molecular weight excluding hydrogens is 519 g/mol. The van der Waals surface area contributed by atoms with Crippen molar-refractivity contribution in [2.24, 2.45) is 4.99 Å². The van der Waals surface area contributed by atoms with Gasteiger partial charge in [0, 0.05) is 29.7 Å². The number of nitrogens with zero attached hydrogens (tertiary/aromatic N) is 5. The Labute approximate surface area is 213 Å². The van der Waals surface area contributed by atoms with Crippen LogP contribution < -0.4 is 15.4 Å². The molecule has 3 aromatic rings. The second-order valence-corrected chi connectivity index (χ2v) is 9.64. The van der Waals surface area contributed by atoms with E-state index in [2.05, 4.69) is 19.7 Å². The molecule has 3 N–H and O–H groups in total. The number of aliphatic hydroxyl groups excluding tert-OH is 1. The maximum Gasteiger partial charge on any atom is 0.325 e. The van der Waals surface area contributed by atoms with Crippen molar-refractivity contribution < 1.29 is 19.0 Å². The zero-order valence-electron chi connectivity index (χ0n) is 19.0. The van der Waals surface area contributed by atoms with Crippen LogP contribution >= 0.6 is 34.7 Å².